The van der Waals surface area contributed by atoms with Gasteiger partial charge in [0.25, 0.3) is 5.56 Å². The van der Waals surface area contributed by atoms with Crippen LogP contribution in [0.15, 0.2) is 39.2 Å². The molecule has 2 rings (SSSR count). The Bertz CT molecular complexity index is 610. The van der Waals surface area contributed by atoms with Crippen molar-refractivity contribution in [2.24, 2.45) is 0 Å². The number of nitrogens with zero attached hydrogens (tertiary/aromatic N) is 2. The molecule has 0 bridgehead atoms. The third kappa shape index (κ3) is 3.55. The van der Waals surface area contributed by atoms with Crippen LogP contribution in [0.4, 0.5) is 5.82 Å². The van der Waals surface area contributed by atoms with Gasteiger partial charge in [0.15, 0.2) is 5.16 Å². The average Bonchev–Trinajstić information content (AvgIpc) is 2.37. The monoisotopic (exact) mass is 277 g/mol. The van der Waals surface area contributed by atoms with Crippen molar-refractivity contribution in [1.29, 1.82) is 0 Å². The Morgan fingerprint density at radius 3 is 2.84 bits per heavy atom. The second kappa shape index (κ2) is 5.85. The number of pyridine rings is 1. The standard InChI is InChI=1S/C12H15N5OS/c1-7(14-2)9-4-3-8(6-15-9)19-12-16-10(13)5-11(18)17-12/h3-7,14H,1-2H3,(H3,13,16,17,18). The first kappa shape index (κ1) is 13.6. The number of aromatic nitrogens is 3. The van der Waals surface area contributed by atoms with Gasteiger partial charge in [-0.15, -0.1) is 0 Å². The molecule has 0 radical (unpaired) electrons. The van der Waals surface area contributed by atoms with Gasteiger partial charge in [0.1, 0.15) is 5.82 Å². The summed E-state index contributed by atoms with van der Waals surface area (Å²) < 4.78 is 0. The van der Waals surface area contributed by atoms with Crippen LogP contribution < -0.4 is 16.6 Å². The van der Waals surface area contributed by atoms with Gasteiger partial charge >= 0.3 is 0 Å². The molecule has 0 aliphatic carbocycles. The highest BCUT2D eigenvalue weighted by molar-refractivity contribution is 7.99. The Hall–Kier alpha value is -1.86. The molecule has 0 aromatic carbocycles. The molecule has 2 aromatic rings. The fourth-order valence-corrected chi connectivity index (χ4v) is 2.24. The fourth-order valence-electron chi connectivity index (χ4n) is 1.47. The Morgan fingerprint density at radius 1 is 1.47 bits per heavy atom. The van der Waals surface area contributed by atoms with Crippen molar-refractivity contribution < 1.29 is 0 Å². The highest BCUT2D eigenvalue weighted by Gasteiger charge is 2.06. The maximum atomic E-state index is 11.3. The average molecular weight is 277 g/mol. The van der Waals surface area contributed by atoms with Gasteiger partial charge in [0.2, 0.25) is 0 Å². The van der Waals surface area contributed by atoms with E-state index in [-0.39, 0.29) is 17.4 Å². The van der Waals surface area contributed by atoms with Gasteiger partial charge in [-0.1, -0.05) is 11.8 Å². The van der Waals surface area contributed by atoms with Gasteiger partial charge in [-0.3, -0.25) is 9.78 Å². The van der Waals surface area contributed by atoms with E-state index in [0.717, 1.165) is 10.6 Å². The Morgan fingerprint density at radius 2 is 2.26 bits per heavy atom. The second-order valence-corrected chi connectivity index (χ2v) is 5.07. The van der Waals surface area contributed by atoms with Crippen LogP contribution in [0.1, 0.15) is 18.7 Å². The van der Waals surface area contributed by atoms with Crippen LogP contribution >= 0.6 is 11.8 Å². The Balaban J connectivity index is 2.17. The van der Waals surface area contributed by atoms with Crippen LogP contribution in [0.3, 0.4) is 0 Å². The van der Waals surface area contributed by atoms with Crippen molar-refractivity contribution in [2.45, 2.75) is 23.0 Å². The zero-order chi connectivity index (χ0) is 13.8. The number of nitrogens with one attached hydrogen (secondary N) is 2. The summed E-state index contributed by atoms with van der Waals surface area (Å²) in [6.07, 6.45) is 1.75. The molecule has 0 fully saturated rings. The summed E-state index contributed by atoms with van der Waals surface area (Å²) in [7, 11) is 1.89. The summed E-state index contributed by atoms with van der Waals surface area (Å²) in [4.78, 5) is 23.2. The van der Waals surface area contributed by atoms with Crippen molar-refractivity contribution in [2.75, 3.05) is 12.8 Å². The minimum atomic E-state index is -0.261. The summed E-state index contributed by atoms with van der Waals surface area (Å²) in [6, 6.07) is 5.32. The maximum absolute atomic E-state index is 11.3. The normalized spacial score (nSPS) is 12.3. The molecule has 0 aliphatic heterocycles. The third-order valence-corrected chi connectivity index (χ3v) is 3.45. The van der Waals surface area contributed by atoms with Crippen LogP contribution in [-0.2, 0) is 0 Å². The van der Waals surface area contributed by atoms with E-state index in [4.69, 9.17) is 5.73 Å². The Kier molecular flexibility index (Phi) is 4.18. The van der Waals surface area contributed by atoms with E-state index in [0.29, 0.717) is 5.16 Å². The molecule has 1 unspecified atom stereocenters. The first-order valence-corrected chi connectivity index (χ1v) is 6.58. The molecule has 0 spiro atoms. The van der Waals surface area contributed by atoms with E-state index in [2.05, 4.69) is 20.3 Å². The molecule has 0 saturated heterocycles. The molecule has 4 N–H and O–H groups in total. The molecule has 2 heterocycles. The number of nitrogens with two attached hydrogens (primary N) is 1. The van der Waals surface area contributed by atoms with Gasteiger partial charge in [-0.05, 0) is 26.1 Å². The lowest BCUT2D eigenvalue weighted by atomic mass is 10.2. The lowest BCUT2D eigenvalue weighted by Gasteiger charge is -2.09. The largest absolute Gasteiger partial charge is 0.383 e. The minimum absolute atomic E-state index is 0.198. The molecule has 19 heavy (non-hydrogen) atoms. The van der Waals surface area contributed by atoms with E-state index in [9.17, 15) is 4.79 Å². The zero-order valence-electron chi connectivity index (χ0n) is 10.7. The number of anilines is 1. The quantitative estimate of drug-likeness (QED) is 0.726. The predicted molar refractivity (Wildman–Crippen MR) is 75.1 cm³/mol. The lowest BCUT2D eigenvalue weighted by Crippen LogP contribution is -2.13. The smallest absolute Gasteiger partial charge is 0.253 e. The first-order chi connectivity index (χ1) is 9.08. The van der Waals surface area contributed by atoms with E-state index in [1.165, 1.54) is 17.8 Å². The number of nitrogen functional groups attached to an aromatic ring is 1. The number of hydrogen-bond donors (Lipinski definition) is 3. The van der Waals surface area contributed by atoms with E-state index < -0.39 is 0 Å². The first-order valence-electron chi connectivity index (χ1n) is 5.76. The number of aromatic amines is 1. The molecule has 7 heteroatoms. The fraction of sp³-hybridized carbons (Fsp3) is 0.250. The summed E-state index contributed by atoms with van der Waals surface area (Å²) in [5, 5.41) is 3.58. The van der Waals surface area contributed by atoms with E-state index >= 15 is 0 Å². The van der Waals surface area contributed by atoms with Gasteiger partial charge in [-0.25, -0.2) is 4.98 Å². The molecule has 6 nitrogen and oxygen atoms in total. The van der Waals surface area contributed by atoms with Crippen molar-refractivity contribution in [3.8, 4) is 0 Å². The van der Waals surface area contributed by atoms with Crippen molar-refractivity contribution in [1.82, 2.24) is 20.3 Å². The molecule has 0 amide bonds. The topological polar surface area (TPSA) is 96.7 Å². The van der Waals surface area contributed by atoms with Crippen molar-refractivity contribution in [3.63, 3.8) is 0 Å². The highest BCUT2D eigenvalue weighted by atomic mass is 32.2. The van der Waals surface area contributed by atoms with Crippen LogP contribution in [0.2, 0.25) is 0 Å². The second-order valence-electron chi connectivity index (χ2n) is 4.01. The van der Waals surface area contributed by atoms with Crippen LogP contribution in [0.25, 0.3) is 0 Å². The lowest BCUT2D eigenvalue weighted by molar-refractivity contribution is 0.631. The van der Waals surface area contributed by atoms with Gasteiger partial charge in [0.05, 0.1) is 5.69 Å². The zero-order valence-corrected chi connectivity index (χ0v) is 11.5. The molecule has 100 valence electrons. The minimum Gasteiger partial charge on any atom is -0.383 e. The van der Waals surface area contributed by atoms with Crippen molar-refractivity contribution in [3.05, 3.63) is 40.4 Å². The molecular formula is C12H15N5OS. The number of H-pyrrole nitrogens is 1. The molecule has 0 saturated carbocycles. The van der Waals surface area contributed by atoms with Gasteiger partial charge < -0.3 is 16.0 Å². The van der Waals surface area contributed by atoms with Gasteiger partial charge in [0, 0.05) is 23.2 Å². The number of rotatable bonds is 4. The predicted octanol–water partition coefficient (Wildman–Crippen LogP) is 1.18. The van der Waals surface area contributed by atoms with E-state index in [1.54, 1.807) is 6.20 Å². The molecular weight excluding hydrogens is 262 g/mol. The highest BCUT2D eigenvalue weighted by Crippen LogP contribution is 2.24. The summed E-state index contributed by atoms with van der Waals surface area (Å²) in [5.74, 6) is 0.208. The summed E-state index contributed by atoms with van der Waals surface area (Å²) >= 11 is 1.31. The third-order valence-electron chi connectivity index (χ3n) is 2.59. The summed E-state index contributed by atoms with van der Waals surface area (Å²) in [5.41, 5.74) is 6.23. The molecule has 0 aliphatic rings. The number of hydrogen-bond acceptors (Lipinski definition) is 6. The van der Waals surface area contributed by atoms with E-state index in [1.807, 2.05) is 26.1 Å². The summed E-state index contributed by atoms with van der Waals surface area (Å²) in [6.45, 7) is 2.03. The van der Waals surface area contributed by atoms with Crippen LogP contribution in [-0.4, -0.2) is 22.0 Å². The SMILES string of the molecule is CNC(C)c1ccc(Sc2nc(N)cc(=O)[nH]2)cn1. The maximum Gasteiger partial charge on any atom is 0.253 e. The van der Waals surface area contributed by atoms with Crippen LogP contribution in [0, 0.1) is 0 Å². The van der Waals surface area contributed by atoms with Gasteiger partial charge in [-0.2, -0.15) is 0 Å². The Labute approximate surface area is 114 Å². The molecule has 2 aromatic heterocycles. The molecule has 1 atom stereocenters. The van der Waals surface area contributed by atoms with Crippen LogP contribution in [0.5, 0.6) is 0 Å². The van der Waals surface area contributed by atoms with Crippen molar-refractivity contribution >= 4 is 17.6 Å².